The minimum atomic E-state index is -3.53. The molecule has 1 fully saturated rings. The molecule has 31 heavy (non-hydrogen) atoms. The van der Waals surface area contributed by atoms with Crippen LogP contribution < -0.4 is 20.3 Å². The van der Waals surface area contributed by atoms with Crippen LogP contribution >= 0.6 is 35.3 Å². The van der Waals surface area contributed by atoms with Gasteiger partial charge in [-0.15, -0.1) is 35.3 Å². The molecule has 0 saturated carbocycles. The lowest BCUT2D eigenvalue weighted by molar-refractivity contribution is 0.463. The first-order valence-corrected chi connectivity index (χ1v) is 12.6. The average molecular weight is 578 g/mol. The van der Waals surface area contributed by atoms with E-state index in [1.165, 1.54) is 5.00 Å². The Morgan fingerprint density at radius 3 is 2.58 bits per heavy atom. The van der Waals surface area contributed by atoms with Crippen molar-refractivity contribution in [1.29, 1.82) is 0 Å². The Hall–Kier alpha value is -1.37. The number of hydrogen-bond acceptors (Lipinski definition) is 5. The second-order valence-corrected chi connectivity index (χ2v) is 10.2. The second kappa shape index (κ2) is 12.0. The Bertz CT molecular complexity index is 956. The van der Waals surface area contributed by atoms with Gasteiger partial charge in [-0.1, -0.05) is 12.1 Å². The standard InChI is InChI=1S/C21H31N5O2S2.HI/c1-16-6-7-17(2)19(15-16)30(27,28)24-11-10-23-21(22-3)25-18-8-12-26(13-9-18)20-5-4-14-29-20;/h4-7,14-15,18,24H,8-13H2,1-3H3,(H2,22,23,25);1H. The maximum absolute atomic E-state index is 12.6. The number of aliphatic imine (C=N–C) groups is 1. The van der Waals surface area contributed by atoms with E-state index < -0.39 is 10.0 Å². The molecule has 2 heterocycles. The fourth-order valence-electron chi connectivity index (χ4n) is 3.52. The molecule has 0 unspecified atom stereocenters. The van der Waals surface area contributed by atoms with Gasteiger partial charge in [0.05, 0.1) is 9.90 Å². The minimum absolute atomic E-state index is 0. The van der Waals surface area contributed by atoms with Crippen LogP contribution in [0.1, 0.15) is 24.0 Å². The molecule has 7 nitrogen and oxygen atoms in total. The van der Waals surface area contributed by atoms with Crippen molar-refractivity contribution in [3.05, 3.63) is 46.8 Å². The molecule has 0 atom stereocenters. The lowest BCUT2D eigenvalue weighted by atomic mass is 10.1. The summed E-state index contributed by atoms with van der Waals surface area (Å²) in [4.78, 5) is 7.03. The van der Waals surface area contributed by atoms with Crippen molar-refractivity contribution in [2.45, 2.75) is 37.6 Å². The zero-order valence-corrected chi connectivity index (χ0v) is 22.2. The maximum Gasteiger partial charge on any atom is 0.240 e. The molecule has 2 aromatic rings. The van der Waals surface area contributed by atoms with Crippen LogP contribution in [0.3, 0.4) is 0 Å². The number of hydrogen-bond donors (Lipinski definition) is 3. The van der Waals surface area contributed by atoms with Crippen LogP contribution in [-0.4, -0.2) is 53.6 Å². The van der Waals surface area contributed by atoms with E-state index in [0.29, 0.717) is 23.4 Å². The predicted octanol–water partition coefficient (Wildman–Crippen LogP) is 3.10. The normalized spacial score (nSPS) is 15.5. The number of benzene rings is 1. The summed E-state index contributed by atoms with van der Waals surface area (Å²) in [7, 11) is -1.80. The number of halogens is 1. The zero-order valence-electron chi connectivity index (χ0n) is 18.2. The number of nitrogens with zero attached hydrogens (tertiary/aromatic N) is 2. The van der Waals surface area contributed by atoms with Gasteiger partial charge in [-0.3, -0.25) is 4.99 Å². The third-order valence-corrected chi connectivity index (χ3v) is 7.75. The van der Waals surface area contributed by atoms with Gasteiger partial charge in [-0.2, -0.15) is 0 Å². The van der Waals surface area contributed by atoms with Crippen LogP contribution in [0.25, 0.3) is 0 Å². The molecule has 1 aromatic carbocycles. The van der Waals surface area contributed by atoms with Gasteiger partial charge >= 0.3 is 0 Å². The Balaban J connectivity index is 0.00000341. The van der Waals surface area contributed by atoms with Gasteiger partial charge in [0, 0.05) is 39.3 Å². The summed E-state index contributed by atoms with van der Waals surface area (Å²) in [5.41, 5.74) is 1.67. The number of anilines is 1. The third kappa shape index (κ3) is 7.33. The number of nitrogens with one attached hydrogen (secondary N) is 3. The fraction of sp³-hybridized carbons (Fsp3) is 0.476. The summed E-state index contributed by atoms with van der Waals surface area (Å²) >= 11 is 1.78. The van der Waals surface area contributed by atoms with E-state index in [9.17, 15) is 8.42 Å². The van der Waals surface area contributed by atoms with Gasteiger partial charge in [-0.25, -0.2) is 13.1 Å². The molecule has 1 aromatic heterocycles. The first-order valence-electron chi connectivity index (χ1n) is 10.2. The minimum Gasteiger partial charge on any atom is -0.363 e. The third-order valence-electron chi connectivity index (χ3n) is 5.22. The van der Waals surface area contributed by atoms with E-state index in [0.717, 1.165) is 37.1 Å². The van der Waals surface area contributed by atoms with Gasteiger partial charge in [0.2, 0.25) is 10.0 Å². The fourth-order valence-corrected chi connectivity index (χ4v) is 5.67. The summed E-state index contributed by atoms with van der Waals surface area (Å²) in [6.07, 6.45) is 2.08. The highest BCUT2D eigenvalue weighted by Gasteiger charge is 2.21. The molecule has 0 spiro atoms. The monoisotopic (exact) mass is 577 g/mol. The highest BCUT2D eigenvalue weighted by molar-refractivity contribution is 14.0. The van der Waals surface area contributed by atoms with Gasteiger partial charge in [0.1, 0.15) is 0 Å². The number of sulfonamides is 1. The van der Waals surface area contributed by atoms with E-state index >= 15 is 0 Å². The Morgan fingerprint density at radius 1 is 1.19 bits per heavy atom. The molecule has 1 aliphatic heterocycles. The summed E-state index contributed by atoms with van der Waals surface area (Å²) in [6, 6.07) is 10.1. The SMILES string of the molecule is CN=C(NCCNS(=O)(=O)c1cc(C)ccc1C)NC1CCN(c2cccs2)CC1.I. The molecule has 1 aliphatic rings. The van der Waals surface area contributed by atoms with Crippen molar-refractivity contribution < 1.29 is 8.42 Å². The van der Waals surface area contributed by atoms with Crippen molar-refractivity contribution in [2.75, 3.05) is 38.1 Å². The molecule has 3 rings (SSSR count). The first kappa shape index (κ1) is 25.9. The van der Waals surface area contributed by atoms with Gasteiger partial charge in [-0.05, 0) is 61.4 Å². The van der Waals surface area contributed by atoms with Crippen molar-refractivity contribution in [1.82, 2.24) is 15.4 Å². The first-order chi connectivity index (χ1) is 14.4. The van der Waals surface area contributed by atoms with E-state index in [2.05, 4.69) is 42.8 Å². The molecule has 0 amide bonds. The van der Waals surface area contributed by atoms with Gasteiger partial charge in [0.25, 0.3) is 0 Å². The molecular formula is C21H32IN5O2S2. The van der Waals surface area contributed by atoms with Crippen LogP contribution in [0.4, 0.5) is 5.00 Å². The molecule has 1 saturated heterocycles. The van der Waals surface area contributed by atoms with Crippen molar-refractivity contribution in [3.8, 4) is 0 Å². The molecule has 0 bridgehead atoms. The van der Waals surface area contributed by atoms with E-state index in [1.807, 2.05) is 26.0 Å². The largest absolute Gasteiger partial charge is 0.363 e. The quantitative estimate of drug-likeness (QED) is 0.204. The molecule has 0 radical (unpaired) electrons. The number of piperidine rings is 1. The molecule has 10 heteroatoms. The van der Waals surface area contributed by atoms with Crippen molar-refractivity contribution in [3.63, 3.8) is 0 Å². The summed E-state index contributed by atoms with van der Waals surface area (Å²) in [6.45, 7) is 6.48. The van der Waals surface area contributed by atoms with E-state index in [4.69, 9.17) is 0 Å². The average Bonchev–Trinajstić information content (AvgIpc) is 3.27. The lowest BCUT2D eigenvalue weighted by Gasteiger charge is -2.33. The van der Waals surface area contributed by atoms with Crippen LogP contribution in [0.5, 0.6) is 0 Å². The number of aryl methyl sites for hydroxylation is 2. The molecular weight excluding hydrogens is 545 g/mol. The van der Waals surface area contributed by atoms with Crippen LogP contribution in [-0.2, 0) is 10.0 Å². The van der Waals surface area contributed by atoms with Crippen LogP contribution in [0, 0.1) is 13.8 Å². The number of thiophene rings is 1. The van der Waals surface area contributed by atoms with E-state index in [-0.39, 0.29) is 30.5 Å². The zero-order chi connectivity index (χ0) is 21.6. The summed E-state index contributed by atoms with van der Waals surface area (Å²) in [5.74, 6) is 0.704. The van der Waals surface area contributed by atoms with E-state index in [1.54, 1.807) is 24.5 Å². The number of guanidine groups is 1. The molecule has 3 N–H and O–H groups in total. The van der Waals surface area contributed by atoms with Gasteiger partial charge in [0.15, 0.2) is 5.96 Å². The smallest absolute Gasteiger partial charge is 0.240 e. The number of rotatable bonds is 7. The Labute approximate surface area is 206 Å². The second-order valence-electron chi connectivity index (χ2n) is 7.52. The van der Waals surface area contributed by atoms with Crippen molar-refractivity contribution >= 4 is 56.3 Å². The summed E-state index contributed by atoms with van der Waals surface area (Å²) in [5, 5.41) is 10.1. The van der Waals surface area contributed by atoms with Gasteiger partial charge < -0.3 is 15.5 Å². The Morgan fingerprint density at radius 2 is 1.94 bits per heavy atom. The highest BCUT2D eigenvalue weighted by atomic mass is 127. The molecule has 172 valence electrons. The maximum atomic E-state index is 12.6. The highest BCUT2D eigenvalue weighted by Crippen LogP contribution is 2.24. The topological polar surface area (TPSA) is 85.8 Å². The lowest BCUT2D eigenvalue weighted by Crippen LogP contribution is -2.49. The van der Waals surface area contributed by atoms with Crippen molar-refractivity contribution in [2.24, 2.45) is 4.99 Å². The van der Waals surface area contributed by atoms with Crippen LogP contribution in [0.2, 0.25) is 0 Å². The molecule has 0 aliphatic carbocycles. The van der Waals surface area contributed by atoms with Crippen LogP contribution in [0.15, 0.2) is 45.6 Å². The summed E-state index contributed by atoms with van der Waals surface area (Å²) < 4.78 is 27.8. The predicted molar refractivity (Wildman–Crippen MR) is 141 cm³/mol. The Kier molecular flexibility index (Phi) is 10.0.